The first-order valence-electron chi connectivity index (χ1n) is 7.26. The molecule has 1 atom stereocenters. The average molecular weight is 271 g/mol. The van der Waals surface area contributed by atoms with Gasteiger partial charge in [0, 0.05) is 12.2 Å². The van der Waals surface area contributed by atoms with Crippen LogP contribution in [-0.2, 0) is 6.54 Å². The number of hydrogen-bond acceptors (Lipinski definition) is 3. The Morgan fingerprint density at radius 3 is 3.20 bits per heavy atom. The van der Waals surface area contributed by atoms with Crippen molar-refractivity contribution in [1.29, 1.82) is 0 Å². The van der Waals surface area contributed by atoms with Crippen LogP contribution in [0.25, 0.3) is 0 Å². The standard InChI is InChI=1S/C16H21N3O/c1-13-4-2-5-14(10-13)20-9-8-19-12-17-11-16(19)15-6-3-7-18-15/h2,4-5,10-12,15,18H,3,6-9H2,1H3/t15-/m0/s1. The molecule has 0 radical (unpaired) electrons. The molecule has 0 saturated carbocycles. The Labute approximate surface area is 119 Å². The molecule has 4 nitrogen and oxygen atoms in total. The highest BCUT2D eigenvalue weighted by atomic mass is 16.5. The topological polar surface area (TPSA) is 39.1 Å². The fourth-order valence-corrected chi connectivity index (χ4v) is 2.71. The lowest BCUT2D eigenvalue weighted by molar-refractivity contribution is 0.295. The van der Waals surface area contributed by atoms with Gasteiger partial charge in [-0.15, -0.1) is 0 Å². The van der Waals surface area contributed by atoms with Gasteiger partial charge in [-0.05, 0) is 44.0 Å². The molecule has 1 fully saturated rings. The lowest BCUT2D eigenvalue weighted by Gasteiger charge is -2.14. The van der Waals surface area contributed by atoms with Gasteiger partial charge in [0.15, 0.2) is 0 Å². The molecule has 2 heterocycles. The molecule has 2 aromatic rings. The van der Waals surface area contributed by atoms with Crippen molar-refractivity contribution in [3.63, 3.8) is 0 Å². The first-order valence-corrected chi connectivity index (χ1v) is 7.26. The average Bonchev–Trinajstić information content (AvgIpc) is 3.09. The number of nitrogens with zero attached hydrogens (tertiary/aromatic N) is 2. The molecule has 0 aliphatic carbocycles. The number of aryl methyl sites for hydroxylation is 1. The van der Waals surface area contributed by atoms with Crippen molar-refractivity contribution in [2.24, 2.45) is 0 Å². The zero-order valence-electron chi connectivity index (χ0n) is 11.9. The van der Waals surface area contributed by atoms with Crippen LogP contribution in [0.3, 0.4) is 0 Å². The summed E-state index contributed by atoms with van der Waals surface area (Å²) in [7, 11) is 0. The molecule has 20 heavy (non-hydrogen) atoms. The molecule has 3 rings (SSSR count). The van der Waals surface area contributed by atoms with E-state index in [-0.39, 0.29) is 0 Å². The van der Waals surface area contributed by atoms with Crippen molar-refractivity contribution in [2.45, 2.75) is 32.4 Å². The summed E-state index contributed by atoms with van der Waals surface area (Å²) in [5.41, 5.74) is 2.50. The number of hydrogen-bond donors (Lipinski definition) is 1. The molecule has 0 amide bonds. The van der Waals surface area contributed by atoms with Gasteiger partial charge in [-0.3, -0.25) is 0 Å². The Morgan fingerprint density at radius 2 is 2.40 bits per heavy atom. The molecule has 0 bridgehead atoms. The van der Waals surface area contributed by atoms with Crippen LogP contribution < -0.4 is 10.1 Å². The maximum absolute atomic E-state index is 5.81. The van der Waals surface area contributed by atoms with Gasteiger partial charge < -0.3 is 14.6 Å². The number of benzene rings is 1. The van der Waals surface area contributed by atoms with Crippen molar-refractivity contribution in [1.82, 2.24) is 14.9 Å². The van der Waals surface area contributed by atoms with Gasteiger partial charge in [0.25, 0.3) is 0 Å². The molecule has 1 aliphatic rings. The van der Waals surface area contributed by atoms with Gasteiger partial charge in [0.2, 0.25) is 0 Å². The molecule has 1 saturated heterocycles. The van der Waals surface area contributed by atoms with Crippen LogP contribution in [0.4, 0.5) is 0 Å². The second-order valence-corrected chi connectivity index (χ2v) is 5.33. The molecule has 0 spiro atoms. The SMILES string of the molecule is Cc1cccc(OCCn2cncc2[C@@H]2CCCN2)c1. The summed E-state index contributed by atoms with van der Waals surface area (Å²) in [6.07, 6.45) is 6.31. The summed E-state index contributed by atoms with van der Waals surface area (Å²) in [4.78, 5) is 4.27. The fourth-order valence-electron chi connectivity index (χ4n) is 2.71. The predicted octanol–water partition coefficient (Wildman–Crippen LogP) is 2.70. The zero-order chi connectivity index (χ0) is 13.8. The highest BCUT2D eigenvalue weighted by Gasteiger charge is 2.19. The quantitative estimate of drug-likeness (QED) is 0.908. The van der Waals surface area contributed by atoms with E-state index in [9.17, 15) is 0 Å². The Morgan fingerprint density at radius 1 is 1.45 bits per heavy atom. The Balaban J connectivity index is 1.57. The second kappa shape index (κ2) is 6.09. The zero-order valence-corrected chi connectivity index (χ0v) is 11.9. The number of rotatable bonds is 5. The molecular weight excluding hydrogens is 250 g/mol. The summed E-state index contributed by atoms with van der Waals surface area (Å²) >= 11 is 0. The van der Waals surface area contributed by atoms with Gasteiger partial charge in [0.1, 0.15) is 12.4 Å². The van der Waals surface area contributed by atoms with E-state index in [1.165, 1.54) is 24.1 Å². The van der Waals surface area contributed by atoms with Crippen molar-refractivity contribution < 1.29 is 4.74 Å². The highest BCUT2D eigenvalue weighted by Crippen LogP contribution is 2.22. The van der Waals surface area contributed by atoms with E-state index in [4.69, 9.17) is 4.74 Å². The summed E-state index contributed by atoms with van der Waals surface area (Å²) in [6, 6.07) is 8.62. The predicted molar refractivity (Wildman–Crippen MR) is 78.9 cm³/mol. The van der Waals surface area contributed by atoms with Crippen molar-refractivity contribution in [2.75, 3.05) is 13.2 Å². The normalized spacial score (nSPS) is 18.4. The van der Waals surface area contributed by atoms with E-state index in [1.54, 1.807) is 0 Å². The highest BCUT2D eigenvalue weighted by molar-refractivity contribution is 5.27. The number of nitrogens with one attached hydrogen (secondary N) is 1. The molecule has 4 heteroatoms. The van der Waals surface area contributed by atoms with E-state index >= 15 is 0 Å². The van der Waals surface area contributed by atoms with Gasteiger partial charge >= 0.3 is 0 Å². The monoisotopic (exact) mass is 271 g/mol. The van der Waals surface area contributed by atoms with Crippen LogP contribution in [0, 0.1) is 6.92 Å². The minimum atomic E-state index is 0.455. The third-order valence-corrected chi connectivity index (χ3v) is 3.75. The minimum absolute atomic E-state index is 0.455. The van der Waals surface area contributed by atoms with Crippen LogP contribution in [0.1, 0.15) is 30.1 Å². The van der Waals surface area contributed by atoms with Crippen LogP contribution in [0.5, 0.6) is 5.75 Å². The first-order chi connectivity index (χ1) is 9.83. The van der Waals surface area contributed by atoms with Crippen LogP contribution >= 0.6 is 0 Å². The summed E-state index contributed by atoms with van der Waals surface area (Å²) in [5, 5.41) is 3.51. The van der Waals surface area contributed by atoms with E-state index in [1.807, 2.05) is 24.7 Å². The molecule has 106 valence electrons. The van der Waals surface area contributed by atoms with Gasteiger partial charge in [-0.2, -0.15) is 0 Å². The summed E-state index contributed by atoms with van der Waals surface area (Å²) < 4.78 is 8.00. The van der Waals surface area contributed by atoms with Crippen molar-refractivity contribution in [3.8, 4) is 5.75 Å². The third kappa shape index (κ3) is 3.02. The van der Waals surface area contributed by atoms with Gasteiger partial charge in [0.05, 0.1) is 18.6 Å². The lowest BCUT2D eigenvalue weighted by Crippen LogP contribution is -2.18. The Kier molecular flexibility index (Phi) is 4.02. The van der Waals surface area contributed by atoms with Gasteiger partial charge in [-0.1, -0.05) is 12.1 Å². The molecule has 1 aromatic heterocycles. The molecular formula is C16H21N3O. The fraction of sp³-hybridized carbons (Fsp3) is 0.438. The van der Waals surface area contributed by atoms with Crippen molar-refractivity contribution >= 4 is 0 Å². The Hall–Kier alpha value is -1.81. The number of aromatic nitrogens is 2. The summed E-state index contributed by atoms with van der Waals surface area (Å²) in [6.45, 7) is 4.68. The molecule has 0 unspecified atom stereocenters. The van der Waals surface area contributed by atoms with Crippen molar-refractivity contribution in [3.05, 3.63) is 48.0 Å². The largest absolute Gasteiger partial charge is 0.492 e. The van der Waals surface area contributed by atoms with E-state index < -0.39 is 0 Å². The van der Waals surface area contributed by atoms with E-state index in [0.29, 0.717) is 12.6 Å². The van der Waals surface area contributed by atoms with Crippen LogP contribution in [0.2, 0.25) is 0 Å². The summed E-state index contributed by atoms with van der Waals surface area (Å²) in [5.74, 6) is 0.936. The Bertz CT molecular complexity index is 558. The number of ether oxygens (including phenoxy) is 1. The van der Waals surface area contributed by atoms with E-state index in [2.05, 4.69) is 33.9 Å². The second-order valence-electron chi connectivity index (χ2n) is 5.33. The molecule has 1 aromatic carbocycles. The smallest absolute Gasteiger partial charge is 0.119 e. The lowest BCUT2D eigenvalue weighted by atomic mass is 10.2. The first kappa shape index (κ1) is 13.2. The maximum atomic E-state index is 5.81. The maximum Gasteiger partial charge on any atom is 0.119 e. The van der Waals surface area contributed by atoms with E-state index in [0.717, 1.165) is 18.8 Å². The third-order valence-electron chi connectivity index (χ3n) is 3.75. The van der Waals surface area contributed by atoms with Crippen LogP contribution in [-0.4, -0.2) is 22.7 Å². The number of imidazole rings is 1. The molecule has 1 aliphatic heterocycles. The van der Waals surface area contributed by atoms with Crippen LogP contribution in [0.15, 0.2) is 36.8 Å². The molecule has 1 N–H and O–H groups in total. The van der Waals surface area contributed by atoms with Gasteiger partial charge in [-0.25, -0.2) is 4.98 Å². The minimum Gasteiger partial charge on any atom is -0.492 e.